The normalized spacial score (nSPS) is 23.2. The van der Waals surface area contributed by atoms with Crippen molar-refractivity contribution in [3.05, 3.63) is 29.3 Å². The number of Topliss-reactive ketones (excluding diaryl/α,β-unsaturated/α-hetero) is 1. The molecule has 3 nitrogen and oxygen atoms in total. The monoisotopic (exact) mass is 381 g/mol. The van der Waals surface area contributed by atoms with Gasteiger partial charge in [-0.2, -0.15) is 0 Å². The van der Waals surface area contributed by atoms with Crippen LogP contribution in [-0.2, 0) is 16.8 Å². The lowest BCUT2D eigenvalue weighted by Gasteiger charge is -2.34. The van der Waals surface area contributed by atoms with Crippen LogP contribution in [0.25, 0.3) is 0 Å². The fraction of sp³-hybridized carbons (Fsp3) is 0.680. The van der Waals surface area contributed by atoms with Crippen LogP contribution in [0.1, 0.15) is 89.2 Å². The van der Waals surface area contributed by atoms with Gasteiger partial charge in [0.05, 0.1) is 11.3 Å². The highest BCUT2D eigenvalue weighted by molar-refractivity contribution is 5.91. The van der Waals surface area contributed by atoms with Gasteiger partial charge < -0.3 is 5.11 Å². The minimum atomic E-state index is -0.816. The van der Waals surface area contributed by atoms with Gasteiger partial charge >= 0.3 is 0 Å². The molecule has 0 spiro atoms. The summed E-state index contributed by atoms with van der Waals surface area (Å²) in [5.41, 5.74) is 3.83. The standard InChI is InChI=1S/C25H35NO2/c1-25(2,28)20-13-15-22-19(16-20)12-14-21(17-6-3-7-17)23(26-22)10-5-11-24(27)18-8-4-9-18/h13,15-18,21,28H,3-12,14H2,1-2H3. The number of aryl methyl sites for hydroxylation is 1. The molecule has 152 valence electrons. The number of rotatable bonds is 7. The molecule has 4 rings (SSSR count). The van der Waals surface area contributed by atoms with Gasteiger partial charge in [-0.25, -0.2) is 0 Å². The average Bonchev–Trinajstić information content (AvgIpc) is 2.70. The van der Waals surface area contributed by atoms with Crippen LogP contribution in [0.15, 0.2) is 23.2 Å². The predicted molar refractivity (Wildman–Crippen MR) is 114 cm³/mol. The molecular formula is C25H35NO2. The van der Waals surface area contributed by atoms with Crippen molar-refractivity contribution in [1.82, 2.24) is 0 Å². The van der Waals surface area contributed by atoms with Crippen molar-refractivity contribution >= 4 is 17.2 Å². The van der Waals surface area contributed by atoms with Crippen LogP contribution in [0.4, 0.5) is 5.69 Å². The average molecular weight is 382 g/mol. The Morgan fingerprint density at radius 2 is 1.89 bits per heavy atom. The number of carbonyl (C=O) groups is 1. The lowest BCUT2D eigenvalue weighted by molar-refractivity contribution is -0.125. The summed E-state index contributed by atoms with van der Waals surface area (Å²) in [6, 6.07) is 6.26. The molecule has 0 radical (unpaired) electrons. The number of ketones is 1. The summed E-state index contributed by atoms with van der Waals surface area (Å²) in [4.78, 5) is 17.4. The number of carbonyl (C=O) groups excluding carboxylic acids is 1. The van der Waals surface area contributed by atoms with Crippen molar-refractivity contribution in [2.24, 2.45) is 22.7 Å². The molecule has 1 atom stereocenters. The van der Waals surface area contributed by atoms with Gasteiger partial charge in [0, 0.05) is 24.0 Å². The van der Waals surface area contributed by atoms with Gasteiger partial charge in [0.1, 0.15) is 5.78 Å². The van der Waals surface area contributed by atoms with E-state index in [1.54, 1.807) is 0 Å². The number of hydrogen-bond donors (Lipinski definition) is 1. The SMILES string of the molecule is CC(C)(O)c1ccc2c(c1)CCC(C1CCC1)C(CCCC(=O)C1CCC1)=N2. The van der Waals surface area contributed by atoms with E-state index in [2.05, 4.69) is 12.1 Å². The Morgan fingerprint density at radius 1 is 1.14 bits per heavy atom. The second-order valence-electron chi connectivity index (χ2n) is 9.79. The third-order valence-electron chi connectivity index (χ3n) is 7.34. The number of nitrogens with zero attached hydrogens (tertiary/aromatic N) is 1. The molecule has 1 aromatic rings. The van der Waals surface area contributed by atoms with Gasteiger partial charge in [0.15, 0.2) is 0 Å². The van der Waals surface area contributed by atoms with E-state index in [9.17, 15) is 9.90 Å². The highest BCUT2D eigenvalue weighted by atomic mass is 16.3. The maximum absolute atomic E-state index is 12.3. The van der Waals surface area contributed by atoms with Crippen LogP contribution in [-0.4, -0.2) is 16.6 Å². The molecule has 28 heavy (non-hydrogen) atoms. The van der Waals surface area contributed by atoms with Crippen molar-refractivity contribution in [2.75, 3.05) is 0 Å². The first-order valence-electron chi connectivity index (χ1n) is 11.4. The largest absolute Gasteiger partial charge is 0.386 e. The number of hydrogen-bond acceptors (Lipinski definition) is 3. The zero-order chi connectivity index (χ0) is 19.7. The van der Waals surface area contributed by atoms with E-state index >= 15 is 0 Å². The van der Waals surface area contributed by atoms with E-state index in [0.29, 0.717) is 17.6 Å². The van der Waals surface area contributed by atoms with Gasteiger partial charge in [-0.1, -0.05) is 25.0 Å². The van der Waals surface area contributed by atoms with Gasteiger partial charge in [0.2, 0.25) is 0 Å². The third kappa shape index (κ3) is 4.25. The molecule has 1 unspecified atom stereocenters. The molecule has 1 N–H and O–H groups in total. The molecule has 0 aromatic heterocycles. The molecule has 3 heteroatoms. The maximum atomic E-state index is 12.3. The third-order valence-corrected chi connectivity index (χ3v) is 7.34. The second-order valence-corrected chi connectivity index (χ2v) is 9.79. The summed E-state index contributed by atoms with van der Waals surface area (Å²) < 4.78 is 0. The molecule has 3 aliphatic rings. The first-order chi connectivity index (χ1) is 13.4. The molecule has 0 saturated heterocycles. The Balaban J connectivity index is 1.50. The Labute approximate surface area is 169 Å². The van der Waals surface area contributed by atoms with Crippen LogP contribution in [0.3, 0.4) is 0 Å². The van der Waals surface area contributed by atoms with E-state index in [0.717, 1.165) is 62.1 Å². The molecule has 0 amide bonds. The Hall–Kier alpha value is -1.48. The zero-order valence-corrected chi connectivity index (χ0v) is 17.5. The molecule has 2 aliphatic carbocycles. The fourth-order valence-corrected chi connectivity index (χ4v) is 4.96. The summed E-state index contributed by atoms with van der Waals surface area (Å²) in [5.74, 6) is 2.20. The smallest absolute Gasteiger partial charge is 0.135 e. The quantitative estimate of drug-likeness (QED) is 0.640. The van der Waals surface area contributed by atoms with Crippen molar-refractivity contribution in [2.45, 2.75) is 90.1 Å². The molecule has 1 aromatic carbocycles. The van der Waals surface area contributed by atoms with Crippen molar-refractivity contribution in [1.29, 1.82) is 0 Å². The number of aliphatic imine (C=N–C) groups is 1. The first-order valence-corrected chi connectivity index (χ1v) is 11.4. The van der Waals surface area contributed by atoms with Gasteiger partial charge in [-0.3, -0.25) is 9.79 Å². The van der Waals surface area contributed by atoms with Crippen LogP contribution in [0.5, 0.6) is 0 Å². The molecule has 2 saturated carbocycles. The molecule has 2 fully saturated rings. The van der Waals surface area contributed by atoms with E-state index in [4.69, 9.17) is 4.99 Å². The zero-order valence-electron chi connectivity index (χ0n) is 17.5. The van der Waals surface area contributed by atoms with Crippen molar-refractivity contribution in [3.63, 3.8) is 0 Å². The van der Waals surface area contributed by atoms with E-state index < -0.39 is 5.60 Å². The second kappa shape index (κ2) is 8.10. The summed E-state index contributed by atoms with van der Waals surface area (Å²) >= 11 is 0. The number of aliphatic hydroxyl groups is 1. The number of fused-ring (bicyclic) bond motifs is 1. The minimum Gasteiger partial charge on any atom is -0.386 e. The maximum Gasteiger partial charge on any atom is 0.135 e. The lowest BCUT2D eigenvalue weighted by Crippen LogP contribution is -2.29. The highest BCUT2D eigenvalue weighted by Gasteiger charge is 2.33. The Bertz CT molecular complexity index is 750. The van der Waals surface area contributed by atoms with Gasteiger partial charge in [-0.05, 0) is 88.3 Å². The molecule has 0 bridgehead atoms. The van der Waals surface area contributed by atoms with Crippen LogP contribution in [0, 0.1) is 17.8 Å². The number of benzene rings is 1. The predicted octanol–water partition coefficient (Wildman–Crippen LogP) is 5.89. The molecule has 1 aliphatic heterocycles. The van der Waals surface area contributed by atoms with Crippen LogP contribution in [0.2, 0.25) is 0 Å². The molecule has 1 heterocycles. The lowest BCUT2D eigenvalue weighted by atomic mass is 9.71. The first kappa shape index (κ1) is 19.8. The summed E-state index contributed by atoms with van der Waals surface area (Å²) in [5, 5.41) is 10.4. The van der Waals surface area contributed by atoms with E-state index in [1.165, 1.54) is 37.0 Å². The minimum absolute atomic E-state index is 0.361. The fourth-order valence-electron chi connectivity index (χ4n) is 4.96. The Morgan fingerprint density at radius 3 is 2.50 bits per heavy atom. The van der Waals surface area contributed by atoms with Crippen molar-refractivity contribution < 1.29 is 9.90 Å². The summed E-state index contributed by atoms with van der Waals surface area (Å²) in [6.07, 6.45) is 12.3. The van der Waals surface area contributed by atoms with Crippen LogP contribution >= 0.6 is 0 Å². The summed E-state index contributed by atoms with van der Waals surface area (Å²) in [7, 11) is 0. The Kier molecular flexibility index (Phi) is 5.73. The van der Waals surface area contributed by atoms with Gasteiger partial charge in [0.25, 0.3) is 0 Å². The van der Waals surface area contributed by atoms with Gasteiger partial charge in [-0.15, -0.1) is 0 Å². The summed E-state index contributed by atoms with van der Waals surface area (Å²) in [6.45, 7) is 3.69. The molecular weight excluding hydrogens is 346 g/mol. The van der Waals surface area contributed by atoms with E-state index in [1.807, 2.05) is 19.9 Å². The van der Waals surface area contributed by atoms with E-state index in [-0.39, 0.29) is 0 Å². The topological polar surface area (TPSA) is 49.7 Å². The highest BCUT2D eigenvalue weighted by Crippen LogP contribution is 2.41. The van der Waals surface area contributed by atoms with Crippen LogP contribution < -0.4 is 0 Å². The van der Waals surface area contributed by atoms with Crippen molar-refractivity contribution in [3.8, 4) is 0 Å².